The van der Waals surface area contributed by atoms with Crippen molar-refractivity contribution in [1.29, 1.82) is 0 Å². The molecule has 1 unspecified atom stereocenters. The Morgan fingerprint density at radius 3 is 2.50 bits per heavy atom. The molecule has 1 fully saturated rings. The number of hydrogen-bond acceptors (Lipinski definition) is 4. The lowest BCUT2D eigenvalue weighted by Crippen LogP contribution is -2.50. The Morgan fingerprint density at radius 1 is 1.12 bits per heavy atom. The van der Waals surface area contributed by atoms with Gasteiger partial charge >= 0.3 is 0 Å². The molecule has 6 nitrogen and oxygen atoms in total. The first-order chi connectivity index (χ1) is 12.4. The summed E-state index contributed by atoms with van der Waals surface area (Å²) in [6.07, 6.45) is -0.422. The van der Waals surface area contributed by atoms with Gasteiger partial charge in [0.05, 0.1) is 18.4 Å². The molecule has 2 aromatic carbocycles. The van der Waals surface area contributed by atoms with E-state index in [0.717, 1.165) is 0 Å². The summed E-state index contributed by atoms with van der Waals surface area (Å²) in [7, 11) is -3.49. The summed E-state index contributed by atoms with van der Waals surface area (Å²) >= 11 is 5.88. The van der Waals surface area contributed by atoms with E-state index in [4.69, 9.17) is 16.3 Å². The van der Waals surface area contributed by atoms with Crippen molar-refractivity contribution in [3.8, 4) is 0 Å². The number of carbonyl (C=O) groups excluding carboxylic acids is 1. The largest absolute Gasteiger partial charge is 0.365 e. The number of ether oxygens (including phenoxy) is 1. The summed E-state index contributed by atoms with van der Waals surface area (Å²) in [5.41, 5.74) is 1.42. The number of nitrogens with one attached hydrogen (secondary N) is 1. The summed E-state index contributed by atoms with van der Waals surface area (Å²) in [5, 5.41) is 0.583. The van der Waals surface area contributed by atoms with Crippen LogP contribution in [-0.4, -0.2) is 40.1 Å². The molecule has 1 amide bonds. The summed E-state index contributed by atoms with van der Waals surface area (Å²) in [6.45, 7) is 0.286. The number of morpholine rings is 1. The molecule has 1 atom stereocenters. The maximum atomic E-state index is 12.2. The van der Waals surface area contributed by atoms with Crippen molar-refractivity contribution < 1.29 is 17.9 Å². The minimum absolute atomic E-state index is 0.0896. The summed E-state index contributed by atoms with van der Waals surface area (Å²) in [5.74, 6) is -0.267. The van der Waals surface area contributed by atoms with Gasteiger partial charge in [-0.25, -0.2) is 13.1 Å². The zero-order chi connectivity index (χ0) is 18.6. The fourth-order valence-corrected chi connectivity index (χ4v) is 3.98. The molecule has 0 bridgehead atoms. The highest BCUT2D eigenvalue weighted by Gasteiger charge is 2.28. The second-order valence-electron chi connectivity index (χ2n) is 6.01. The van der Waals surface area contributed by atoms with Crippen LogP contribution in [0.25, 0.3) is 0 Å². The number of anilines is 1. The van der Waals surface area contributed by atoms with Gasteiger partial charge in [-0.05, 0) is 29.8 Å². The van der Waals surface area contributed by atoms with Gasteiger partial charge in [-0.15, -0.1) is 0 Å². The van der Waals surface area contributed by atoms with Gasteiger partial charge in [0, 0.05) is 17.3 Å². The molecule has 8 heteroatoms. The molecular formula is C18H19ClN2O4S. The number of hydrogen-bond donors (Lipinski definition) is 1. The first kappa shape index (κ1) is 18.8. The molecule has 138 valence electrons. The Kier molecular flexibility index (Phi) is 5.93. The summed E-state index contributed by atoms with van der Waals surface area (Å²) in [4.78, 5) is 13.7. The van der Waals surface area contributed by atoms with Crippen molar-refractivity contribution in [3.05, 3.63) is 65.2 Å². The number of benzene rings is 2. The maximum absolute atomic E-state index is 12.2. The Balaban J connectivity index is 1.59. The van der Waals surface area contributed by atoms with Crippen LogP contribution in [0.4, 0.5) is 5.69 Å². The Bertz CT molecular complexity index is 857. The van der Waals surface area contributed by atoms with Crippen LogP contribution < -0.4 is 9.62 Å². The average molecular weight is 395 g/mol. The molecule has 0 aromatic heterocycles. The second-order valence-corrected chi connectivity index (χ2v) is 8.25. The SMILES string of the molecule is O=C1COC(CNS(=O)(=O)Cc2ccccc2)CN1c1ccc(Cl)cc1. The van der Waals surface area contributed by atoms with Gasteiger partial charge in [-0.3, -0.25) is 4.79 Å². The number of carbonyl (C=O) groups is 1. The average Bonchev–Trinajstić information content (AvgIpc) is 2.62. The van der Waals surface area contributed by atoms with E-state index < -0.39 is 16.1 Å². The highest BCUT2D eigenvalue weighted by Crippen LogP contribution is 2.21. The molecule has 3 rings (SSSR count). The summed E-state index contributed by atoms with van der Waals surface area (Å²) in [6, 6.07) is 15.9. The lowest BCUT2D eigenvalue weighted by molar-refractivity contribution is -0.129. The van der Waals surface area contributed by atoms with Crippen LogP contribution in [0, 0.1) is 0 Å². The Hall–Kier alpha value is -1.93. The number of halogens is 1. The third-order valence-electron chi connectivity index (χ3n) is 4.00. The molecule has 26 heavy (non-hydrogen) atoms. The van der Waals surface area contributed by atoms with E-state index in [9.17, 15) is 13.2 Å². The Morgan fingerprint density at radius 2 is 1.81 bits per heavy atom. The minimum Gasteiger partial charge on any atom is -0.365 e. The van der Waals surface area contributed by atoms with Gasteiger partial charge in [0.1, 0.15) is 6.61 Å². The van der Waals surface area contributed by atoms with Gasteiger partial charge < -0.3 is 9.64 Å². The number of amides is 1. The quantitative estimate of drug-likeness (QED) is 0.814. The molecule has 0 spiro atoms. The summed E-state index contributed by atoms with van der Waals surface area (Å²) < 4.78 is 32.5. The highest BCUT2D eigenvalue weighted by atomic mass is 35.5. The van der Waals surface area contributed by atoms with Crippen LogP contribution in [0.2, 0.25) is 5.02 Å². The van der Waals surface area contributed by atoms with Crippen LogP contribution in [0.1, 0.15) is 5.56 Å². The lowest BCUT2D eigenvalue weighted by atomic mass is 10.2. The number of nitrogens with zero attached hydrogens (tertiary/aromatic N) is 1. The van der Waals surface area contributed by atoms with E-state index in [0.29, 0.717) is 16.3 Å². The molecule has 1 saturated heterocycles. The number of sulfonamides is 1. The fourth-order valence-electron chi connectivity index (χ4n) is 2.68. The number of rotatable bonds is 6. The van der Waals surface area contributed by atoms with Crippen LogP contribution >= 0.6 is 11.6 Å². The maximum Gasteiger partial charge on any atom is 0.253 e. The third kappa shape index (κ3) is 5.04. The van der Waals surface area contributed by atoms with Gasteiger partial charge in [-0.1, -0.05) is 41.9 Å². The fraction of sp³-hybridized carbons (Fsp3) is 0.278. The molecule has 2 aromatic rings. The van der Waals surface area contributed by atoms with Crippen molar-refractivity contribution in [2.45, 2.75) is 11.9 Å². The first-order valence-corrected chi connectivity index (χ1v) is 10.1. The van der Waals surface area contributed by atoms with Crippen molar-refractivity contribution in [1.82, 2.24) is 4.72 Å². The predicted molar refractivity (Wildman–Crippen MR) is 101 cm³/mol. The van der Waals surface area contributed by atoms with E-state index >= 15 is 0 Å². The zero-order valence-electron chi connectivity index (χ0n) is 14.0. The monoisotopic (exact) mass is 394 g/mol. The molecular weight excluding hydrogens is 376 g/mol. The van der Waals surface area contributed by atoms with Crippen LogP contribution in [0.15, 0.2) is 54.6 Å². The van der Waals surface area contributed by atoms with Crippen molar-refractivity contribution in [2.75, 3.05) is 24.6 Å². The Labute approximate surface area is 157 Å². The van der Waals surface area contributed by atoms with Crippen LogP contribution in [-0.2, 0) is 25.3 Å². The van der Waals surface area contributed by atoms with E-state index in [1.54, 1.807) is 53.4 Å². The molecule has 1 aliphatic rings. The van der Waals surface area contributed by atoms with Crippen molar-refractivity contribution in [3.63, 3.8) is 0 Å². The topological polar surface area (TPSA) is 75.7 Å². The van der Waals surface area contributed by atoms with E-state index in [2.05, 4.69) is 4.72 Å². The lowest BCUT2D eigenvalue weighted by Gasteiger charge is -2.32. The molecule has 1 aliphatic heterocycles. The first-order valence-electron chi connectivity index (χ1n) is 8.12. The molecule has 0 aliphatic carbocycles. The van der Waals surface area contributed by atoms with Crippen molar-refractivity contribution in [2.24, 2.45) is 0 Å². The van der Waals surface area contributed by atoms with Gasteiger partial charge in [-0.2, -0.15) is 0 Å². The highest BCUT2D eigenvalue weighted by molar-refractivity contribution is 7.88. The second kappa shape index (κ2) is 8.18. The molecule has 1 heterocycles. The van der Waals surface area contributed by atoms with E-state index in [1.807, 2.05) is 6.07 Å². The minimum atomic E-state index is -3.49. The molecule has 1 N–H and O–H groups in total. The van der Waals surface area contributed by atoms with Gasteiger partial charge in [0.25, 0.3) is 5.91 Å². The normalized spacial score (nSPS) is 18.1. The van der Waals surface area contributed by atoms with E-state index in [-0.39, 0.29) is 31.4 Å². The third-order valence-corrected chi connectivity index (χ3v) is 5.57. The molecule has 0 radical (unpaired) electrons. The van der Waals surface area contributed by atoms with Gasteiger partial charge in [0.2, 0.25) is 10.0 Å². The van der Waals surface area contributed by atoms with Crippen LogP contribution in [0.3, 0.4) is 0 Å². The van der Waals surface area contributed by atoms with Crippen molar-refractivity contribution >= 4 is 33.2 Å². The zero-order valence-corrected chi connectivity index (χ0v) is 15.5. The predicted octanol–water partition coefficient (Wildman–Crippen LogP) is 2.19. The van der Waals surface area contributed by atoms with Crippen LogP contribution in [0.5, 0.6) is 0 Å². The van der Waals surface area contributed by atoms with Gasteiger partial charge in [0.15, 0.2) is 0 Å². The molecule has 0 saturated carbocycles. The van der Waals surface area contributed by atoms with E-state index in [1.165, 1.54) is 0 Å². The standard InChI is InChI=1S/C18H19ClN2O4S/c19-15-6-8-16(9-7-15)21-11-17(25-12-18(21)22)10-20-26(23,24)13-14-4-2-1-3-5-14/h1-9,17,20H,10-13H2. The smallest absolute Gasteiger partial charge is 0.253 e.